The van der Waals surface area contributed by atoms with Crippen molar-refractivity contribution in [3.8, 4) is 5.69 Å². The molecule has 8 heteroatoms. The van der Waals surface area contributed by atoms with Crippen molar-refractivity contribution in [2.24, 2.45) is 5.92 Å². The molecule has 0 atom stereocenters. The Morgan fingerprint density at radius 1 is 0.971 bits per heavy atom. The van der Waals surface area contributed by atoms with Gasteiger partial charge in [-0.15, -0.1) is 0 Å². The molecule has 0 aliphatic carbocycles. The Morgan fingerprint density at radius 2 is 1.66 bits per heavy atom. The molecule has 178 valence electrons. The summed E-state index contributed by atoms with van der Waals surface area (Å²) in [6, 6.07) is 14.6. The van der Waals surface area contributed by atoms with E-state index in [9.17, 15) is 9.59 Å². The normalized spacial score (nSPS) is 11.7. The van der Waals surface area contributed by atoms with E-state index in [1.807, 2.05) is 47.9 Å². The Hall–Kier alpha value is -4.07. The molecule has 5 aromatic rings. The van der Waals surface area contributed by atoms with Gasteiger partial charge in [-0.1, -0.05) is 26.0 Å². The third kappa shape index (κ3) is 3.95. The van der Waals surface area contributed by atoms with Crippen molar-refractivity contribution < 1.29 is 9.53 Å². The van der Waals surface area contributed by atoms with Crippen LogP contribution in [0.15, 0.2) is 53.3 Å². The van der Waals surface area contributed by atoms with Crippen LogP contribution >= 0.6 is 0 Å². The van der Waals surface area contributed by atoms with Crippen LogP contribution in [0, 0.1) is 12.8 Å². The van der Waals surface area contributed by atoms with Crippen molar-refractivity contribution in [2.45, 2.75) is 40.7 Å². The summed E-state index contributed by atoms with van der Waals surface area (Å²) in [6.45, 7) is 8.79. The van der Waals surface area contributed by atoms with Crippen molar-refractivity contribution in [2.75, 3.05) is 6.61 Å². The maximum atomic E-state index is 13.8. The van der Waals surface area contributed by atoms with E-state index in [-0.39, 0.29) is 11.5 Å². The molecule has 0 amide bonds. The highest BCUT2D eigenvalue weighted by atomic mass is 16.5. The average molecular weight is 470 g/mol. The van der Waals surface area contributed by atoms with E-state index in [0.717, 1.165) is 17.6 Å². The number of esters is 1. The second-order valence-electron chi connectivity index (χ2n) is 8.98. The first-order chi connectivity index (χ1) is 16.9. The van der Waals surface area contributed by atoms with Gasteiger partial charge < -0.3 is 4.74 Å². The zero-order valence-electron chi connectivity index (χ0n) is 20.3. The second-order valence-corrected chi connectivity index (χ2v) is 8.98. The summed E-state index contributed by atoms with van der Waals surface area (Å²) in [7, 11) is 0. The van der Waals surface area contributed by atoms with Gasteiger partial charge in [0.15, 0.2) is 11.3 Å². The lowest BCUT2D eigenvalue weighted by Crippen LogP contribution is -2.24. The molecule has 2 aromatic carbocycles. The van der Waals surface area contributed by atoms with Gasteiger partial charge in [0.05, 0.1) is 23.2 Å². The van der Waals surface area contributed by atoms with Crippen LogP contribution in [0.5, 0.6) is 0 Å². The summed E-state index contributed by atoms with van der Waals surface area (Å²) in [5.74, 6) is 0.717. The van der Waals surface area contributed by atoms with E-state index in [0.29, 0.717) is 58.2 Å². The molecule has 0 unspecified atom stereocenters. The number of rotatable bonds is 6. The number of ether oxygens (including phenoxy) is 1. The van der Waals surface area contributed by atoms with Gasteiger partial charge in [0.2, 0.25) is 0 Å². The third-order valence-corrected chi connectivity index (χ3v) is 6.12. The number of carbonyl (C=O) groups is 1. The largest absolute Gasteiger partial charge is 0.462 e. The molecule has 0 aliphatic rings. The first-order valence-electron chi connectivity index (χ1n) is 11.8. The highest BCUT2D eigenvalue weighted by Gasteiger charge is 2.22. The highest BCUT2D eigenvalue weighted by Crippen LogP contribution is 2.29. The van der Waals surface area contributed by atoms with Crippen molar-refractivity contribution in [1.82, 2.24) is 24.1 Å². The van der Waals surface area contributed by atoms with Crippen molar-refractivity contribution in [3.63, 3.8) is 0 Å². The van der Waals surface area contributed by atoms with Gasteiger partial charge in [-0.05, 0) is 62.6 Å². The summed E-state index contributed by atoms with van der Waals surface area (Å²) in [6.07, 6.45) is 0.872. The molecule has 3 heterocycles. The number of fused-ring (bicyclic) bond motifs is 4. The Bertz CT molecular complexity index is 1630. The molecule has 5 rings (SSSR count). The SMILES string of the molecule is CCOC(=O)c1ccc(-n2c3nc4ccccc4nc3c3c(=O)n(CCC(C)C)c(C)nc32)cc1. The summed E-state index contributed by atoms with van der Waals surface area (Å²) >= 11 is 0. The van der Waals surface area contributed by atoms with Crippen molar-refractivity contribution >= 4 is 39.2 Å². The highest BCUT2D eigenvalue weighted by molar-refractivity contribution is 6.06. The molecule has 0 saturated heterocycles. The monoisotopic (exact) mass is 469 g/mol. The average Bonchev–Trinajstić information content (AvgIpc) is 3.15. The van der Waals surface area contributed by atoms with E-state index in [4.69, 9.17) is 19.7 Å². The molecule has 0 bridgehead atoms. The van der Waals surface area contributed by atoms with Gasteiger partial charge in [0.25, 0.3) is 5.56 Å². The lowest BCUT2D eigenvalue weighted by Gasteiger charge is -2.12. The van der Waals surface area contributed by atoms with E-state index in [2.05, 4.69) is 13.8 Å². The zero-order valence-corrected chi connectivity index (χ0v) is 20.3. The van der Waals surface area contributed by atoms with Gasteiger partial charge in [0.1, 0.15) is 16.7 Å². The first-order valence-corrected chi connectivity index (χ1v) is 11.8. The van der Waals surface area contributed by atoms with E-state index in [1.165, 1.54) is 0 Å². The molecule has 0 N–H and O–H groups in total. The minimum atomic E-state index is -0.380. The van der Waals surface area contributed by atoms with Crippen LogP contribution in [0.1, 0.15) is 43.4 Å². The Labute approximate surface area is 202 Å². The Kier molecular flexibility index (Phi) is 5.80. The lowest BCUT2D eigenvalue weighted by atomic mass is 10.1. The number of carbonyl (C=O) groups excluding carboxylic acids is 1. The van der Waals surface area contributed by atoms with Crippen LogP contribution in [-0.4, -0.2) is 36.7 Å². The van der Waals surface area contributed by atoms with Crippen LogP contribution in [0.2, 0.25) is 0 Å². The molecular formula is C27H27N5O3. The molecule has 35 heavy (non-hydrogen) atoms. The summed E-state index contributed by atoms with van der Waals surface area (Å²) < 4.78 is 8.68. The molecule has 8 nitrogen and oxygen atoms in total. The molecule has 0 radical (unpaired) electrons. The quantitative estimate of drug-likeness (QED) is 0.331. The molecule has 0 saturated carbocycles. The van der Waals surface area contributed by atoms with Gasteiger partial charge in [0, 0.05) is 12.2 Å². The number of aromatic nitrogens is 5. The van der Waals surface area contributed by atoms with Gasteiger partial charge in [-0.3, -0.25) is 13.9 Å². The predicted molar refractivity (Wildman–Crippen MR) is 136 cm³/mol. The second kappa shape index (κ2) is 8.94. The van der Waals surface area contributed by atoms with Crippen LogP contribution < -0.4 is 5.56 Å². The van der Waals surface area contributed by atoms with E-state index in [1.54, 1.807) is 23.6 Å². The molecule has 0 aliphatic heterocycles. The number of hydrogen-bond acceptors (Lipinski definition) is 6. The fourth-order valence-electron chi connectivity index (χ4n) is 4.29. The molecule has 0 spiro atoms. The topological polar surface area (TPSA) is 91.9 Å². The van der Waals surface area contributed by atoms with Crippen LogP contribution in [0.3, 0.4) is 0 Å². The number of para-hydroxylation sites is 2. The van der Waals surface area contributed by atoms with Crippen molar-refractivity contribution in [1.29, 1.82) is 0 Å². The molecule has 0 fully saturated rings. The fraction of sp³-hybridized carbons (Fsp3) is 0.296. The molecular weight excluding hydrogens is 442 g/mol. The van der Waals surface area contributed by atoms with Gasteiger partial charge in [-0.2, -0.15) is 0 Å². The smallest absolute Gasteiger partial charge is 0.338 e. The van der Waals surface area contributed by atoms with E-state index < -0.39 is 0 Å². The van der Waals surface area contributed by atoms with Crippen LogP contribution in [0.25, 0.3) is 38.9 Å². The maximum absolute atomic E-state index is 13.8. The fourth-order valence-corrected chi connectivity index (χ4v) is 4.29. The maximum Gasteiger partial charge on any atom is 0.338 e. The van der Waals surface area contributed by atoms with Crippen molar-refractivity contribution in [3.05, 3.63) is 70.3 Å². The first kappa shape index (κ1) is 22.7. The number of aryl methyl sites for hydroxylation is 1. The number of benzene rings is 2. The summed E-state index contributed by atoms with van der Waals surface area (Å²) in [5, 5.41) is 0.446. The predicted octanol–water partition coefficient (Wildman–Crippen LogP) is 4.81. The lowest BCUT2D eigenvalue weighted by molar-refractivity contribution is 0.0526. The summed E-state index contributed by atoms with van der Waals surface area (Å²) in [4.78, 5) is 40.5. The zero-order chi connectivity index (χ0) is 24.7. The number of hydrogen-bond donors (Lipinski definition) is 0. The van der Waals surface area contributed by atoms with Crippen LogP contribution in [0.4, 0.5) is 0 Å². The minimum Gasteiger partial charge on any atom is -0.462 e. The minimum absolute atomic E-state index is 0.121. The Balaban J connectivity index is 1.81. The van der Waals surface area contributed by atoms with E-state index >= 15 is 0 Å². The standard InChI is InChI=1S/C27H27N5O3/c1-5-35-27(34)18-10-12-19(13-11-18)32-24-22(26(33)31(17(4)28-24)15-14-16(2)3)23-25(32)30-21-9-7-6-8-20(21)29-23/h6-13,16H,5,14-15H2,1-4H3. The summed E-state index contributed by atoms with van der Waals surface area (Å²) in [5.41, 5.74) is 4.07. The van der Waals surface area contributed by atoms with Crippen LogP contribution in [-0.2, 0) is 11.3 Å². The molecule has 3 aromatic heterocycles. The number of nitrogens with zero attached hydrogens (tertiary/aromatic N) is 5. The van der Waals surface area contributed by atoms with Gasteiger partial charge >= 0.3 is 5.97 Å². The third-order valence-electron chi connectivity index (χ3n) is 6.12. The Morgan fingerprint density at radius 3 is 2.31 bits per heavy atom. The van der Waals surface area contributed by atoms with Gasteiger partial charge in [-0.25, -0.2) is 19.7 Å².